The number of hydrogen-bond donors (Lipinski definition) is 2. The minimum Gasteiger partial charge on any atom is -0.507 e. The Morgan fingerprint density at radius 1 is 1.06 bits per heavy atom. The molecule has 0 radical (unpaired) electrons. The van der Waals surface area contributed by atoms with Gasteiger partial charge < -0.3 is 9.52 Å². The van der Waals surface area contributed by atoms with Crippen LogP contribution in [0.2, 0.25) is 5.02 Å². The number of carbonyl (C=O) groups is 1. The monoisotopic (exact) mass is 491 g/mol. The summed E-state index contributed by atoms with van der Waals surface area (Å²) in [7, 11) is 0. The van der Waals surface area contributed by atoms with Crippen LogP contribution in [0.3, 0.4) is 0 Å². The number of non-ortho nitro benzene ring substituents is 1. The zero-order chi connectivity index (χ0) is 24.9. The topological polar surface area (TPSA) is 118 Å². The number of phenols is 1. The molecule has 4 rings (SSSR count). The molecule has 35 heavy (non-hydrogen) atoms. The summed E-state index contributed by atoms with van der Waals surface area (Å²) >= 11 is 6.46. The number of nitrogens with zero attached hydrogens (tertiary/aromatic N) is 2. The van der Waals surface area contributed by atoms with Crippen molar-refractivity contribution in [2.45, 2.75) is 26.2 Å². The summed E-state index contributed by atoms with van der Waals surface area (Å²) in [5.74, 6) is -0.137. The van der Waals surface area contributed by atoms with Crippen molar-refractivity contribution in [1.82, 2.24) is 4.98 Å². The molecule has 0 aliphatic rings. The summed E-state index contributed by atoms with van der Waals surface area (Å²) in [4.78, 5) is 27.4. The van der Waals surface area contributed by atoms with E-state index < -0.39 is 4.92 Å². The number of benzene rings is 3. The van der Waals surface area contributed by atoms with Gasteiger partial charge in [0.25, 0.3) is 5.69 Å². The maximum atomic E-state index is 12.3. The normalized spacial score (nSPS) is 10.8. The SMILES string of the molecule is CCCCC(=O)Nc1nc(-c2ccccc2Cl)c(-c2ccccc2-c2ccc([N+](=O)[O-])cc2O)o1. The van der Waals surface area contributed by atoms with Crippen molar-refractivity contribution in [3.05, 3.63) is 81.9 Å². The van der Waals surface area contributed by atoms with E-state index in [2.05, 4.69) is 10.3 Å². The fourth-order valence-corrected chi connectivity index (χ4v) is 3.91. The van der Waals surface area contributed by atoms with Gasteiger partial charge in [0.05, 0.1) is 16.0 Å². The quantitative estimate of drug-likeness (QED) is 0.201. The number of unbranched alkanes of at least 4 members (excludes halogenated alkanes) is 1. The number of nitrogens with one attached hydrogen (secondary N) is 1. The molecule has 0 saturated heterocycles. The number of anilines is 1. The Morgan fingerprint density at radius 2 is 1.74 bits per heavy atom. The van der Waals surface area contributed by atoms with Crippen molar-refractivity contribution < 1.29 is 19.2 Å². The van der Waals surface area contributed by atoms with Gasteiger partial charge in [0, 0.05) is 29.2 Å². The number of carbonyl (C=O) groups excluding carboxylic acids is 1. The summed E-state index contributed by atoms with van der Waals surface area (Å²) in [6.07, 6.45) is 1.95. The smallest absolute Gasteiger partial charge is 0.302 e. The lowest BCUT2D eigenvalue weighted by atomic mass is 9.95. The maximum absolute atomic E-state index is 12.3. The van der Waals surface area contributed by atoms with Crippen molar-refractivity contribution in [1.29, 1.82) is 0 Å². The third-order valence-electron chi connectivity index (χ3n) is 5.41. The minimum atomic E-state index is -0.575. The molecule has 0 spiro atoms. The van der Waals surface area contributed by atoms with Gasteiger partial charge in [-0.25, -0.2) is 0 Å². The first-order chi connectivity index (χ1) is 16.9. The van der Waals surface area contributed by atoms with Crippen LogP contribution >= 0.6 is 11.6 Å². The van der Waals surface area contributed by atoms with Gasteiger partial charge in [0.15, 0.2) is 5.76 Å². The van der Waals surface area contributed by atoms with Crippen LogP contribution in [0.25, 0.3) is 33.7 Å². The molecule has 8 nitrogen and oxygen atoms in total. The first kappa shape index (κ1) is 24.0. The molecule has 0 fully saturated rings. The second-order valence-corrected chi connectivity index (χ2v) is 8.24. The highest BCUT2D eigenvalue weighted by Crippen LogP contribution is 2.43. The summed E-state index contributed by atoms with van der Waals surface area (Å²) in [5.41, 5.74) is 2.29. The molecule has 0 unspecified atom stereocenters. The highest BCUT2D eigenvalue weighted by molar-refractivity contribution is 6.33. The summed E-state index contributed by atoms with van der Waals surface area (Å²) in [6, 6.07) is 18.1. The van der Waals surface area contributed by atoms with Gasteiger partial charge in [-0.3, -0.25) is 20.2 Å². The third kappa shape index (κ3) is 5.17. The van der Waals surface area contributed by atoms with E-state index in [4.69, 9.17) is 16.0 Å². The van der Waals surface area contributed by atoms with Gasteiger partial charge in [-0.15, -0.1) is 0 Å². The van der Waals surface area contributed by atoms with Crippen molar-refractivity contribution in [3.63, 3.8) is 0 Å². The minimum absolute atomic E-state index is 0.0266. The van der Waals surface area contributed by atoms with Gasteiger partial charge in [0.1, 0.15) is 11.4 Å². The number of halogens is 1. The highest BCUT2D eigenvalue weighted by atomic mass is 35.5. The molecule has 178 valence electrons. The van der Waals surface area contributed by atoms with E-state index in [1.165, 1.54) is 12.1 Å². The zero-order valence-electron chi connectivity index (χ0n) is 18.8. The molecule has 0 atom stereocenters. The largest absolute Gasteiger partial charge is 0.507 e. The molecule has 3 aromatic carbocycles. The lowest BCUT2D eigenvalue weighted by Gasteiger charge is -2.11. The second kappa shape index (κ2) is 10.4. The number of nitro groups is 1. The number of aromatic nitrogens is 1. The van der Waals surface area contributed by atoms with Crippen LogP contribution in [0.5, 0.6) is 5.75 Å². The van der Waals surface area contributed by atoms with Crippen LogP contribution in [-0.2, 0) is 4.79 Å². The number of nitro benzene ring substituents is 1. The standard InChI is InChI=1S/C26H22ClN3O5/c1-2-3-12-23(32)28-26-29-24(20-10-6-7-11-21(20)27)25(35-26)19-9-5-4-8-17(19)18-14-13-16(30(33)34)15-22(18)31/h4-11,13-15,31H,2-3,12H2,1H3,(H,28,29,32). The van der Waals surface area contributed by atoms with Crippen LogP contribution in [0.15, 0.2) is 71.1 Å². The van der Waals surface area contributed by atoms with Crippen molar-refractivity contribution >= 4 is 29.2 Å². The van der Waals surface area contributed by atoms with E-state index >= 15 is 0 Å². The van der Waals surface area contributed by atoms with Gasteiger partial charge in [-0.1, -0.05) is 67.4 Å². The third-order valence-corrected chi connectivity index (χ3v) is 5.74. The molecule has 1 heterocycles. The molecule has 0 aliphatic carbocycles. The molecule has 0 aliphatic heterocycles. The average Bonchev–Trinajstić information content (AvgIpc) is 3.26. The lowest BCUT2D eigenvalue weighted by molar-refractivity contribution is -0.384. The molecule has 1 aromatic heterocycles. The summed E-state index contributed by atoms with van der Waals surface area (Å²) in [6.45, 7) is 2.00. The fourth-order valence-electron chi connectivity index (χ4n) is 3.69. The van der Waals surface area contributed by atoms with Gasteiger partial charge in [-0.05, 0) is 24.1 Å². The summed E-state index contributed by atoms with van der Waals surface area (Å²) < 4.78 is 6.03. The fraction of sp³-hybridized carbons (Fsp3) is 0.154. The Balaban J connectivity index is 1.86. The Kier molecular flexibility index (Phi) is 7.12. The van der Waals surface area contributed by atoms with Gasteiger partial charge in [-0.2, -0.15) is 4.98 Å². The number of phenolic OH excluding ortho intramolecular Hbond substituents is 1. The van der Waals surface area contributed by atoms with Crippen LogP contribution in [0.1, 0.15) is 26.2 Å². The molecular weight excluding hydrogens is 470 g/mol. The van der Waals surface area contributed by atoms with Gasteiger partial charge >= 0.3 is 6.01 Å². The second-order valence-electron chi connectivity index (χ2n) is 7.83. The maximum Gasteiger partial charge on any atom is 0.302 e. The van der Waals surface area contributed by atoms with Crippen LogP contribution < -0.4 is 5.32 Å². The summed E-state index contributed by atoms with van der Waals surface area (Å²) in [5, 5.41) is 24.8. The zero-order valence-corrected chi connectivity index (χ0v) is 19.6. The Hall–Kier alpha value is -4.17. The first-order valence-electron chi connectivity index (χ1n) is 11.0. The van der Waals surface area contributed by atoms with E-state index in [9.17, 15) is 20.0 Å². The van der Waals surface area contributed by atoms with E-state index in [0.29, 0.717) is 45.2 Å². The number of aromatic hydroxyl groups is 1. The van der Waals surface area contributed by atoms with E-state index in [1.807, 2.05) is 13.0 Å². The number of amides is 1. The van der Waals surface area contributed by atoms with Gasteiger partial charge in [0.2, 0.25) is 5.91 Å². The van der Waals surface area contributed by atoms with Crippen molar-refractivity contribution in [2.75, 3.05) is 5.32 Å². The first-order valence-corrected chi connectivity index (χ1v) is 11.4. The number of rotatable bonds is 8. The molecule has 2 N–H and O–H groups in total. The molecule has 9 heteroatoms. The lowest BCUT2D eigenvalue weighted by Crippen LogP contribution is -2.11. The van der Waals surface area contributed by atoms with Crippen molar-refractivity contribution in [3.8, 4) is 39.5 Å². The Labute approximate surface area is 206 Å². The van der Waals surface area contributed by atoms with Crippen LogP contribution in [0.4, 0.5) is 11.7 Å². The molecular formula is C26H22ClN3O5. The average molecular weight is 492 g/mol. The van der Waals surface area contributed by atoms with Crippen LogP contribution in [-0.4, -0.2) is 20.9 Å². The molecule has 0 saturated carbocycles. The Morgan fingerprint density at radius 3 is 2.40 bits per heavy atom. The number of hydrogen-bond acceptors (Lipinski definition) is 6. The van der Waals surface area contributed by atoms with Crippen LogP contribution in [0, 0.1) is 10.1 Å². The predicted molar refractivity (Wildman–Crippen MR) is 134 cm³/mol. The van der Waals surface area contributed by atoms with E-state index in [0.717, 1.165) is 18.9 Å². The predicted octanol–water partition coefficient (Wildman–Crippen LogP) is 7.07. The number of oxazole rings is 1. The molecule has 0 bridgehead atoms. The highest BCUT2D eigenvalue weighted by Gasteiger charge is 2.23. The van der Waals surface area contributed by atoms with Crippen molar-refractivity contribution in [2.24, 2.45) is 0 Å². The Bertz CT molecular complexity index is 1400. The van der Waals surface area contributed by atoms with E-state index in [1.54, 1.807) is 42.5 Å². The molecule has 1 amide bonds. The van der Waals surface area contributed by atoms with E-state index in [-0.39, 0.29) is 23.4 Å². The molecule has 4 aromatic rings.